The predicted octanol–water partition coefficient (Wildman–Crippen LogP) is 4.81. The summed E-state index contributed by atoms with van der Waals surface area (Å²) >= 11 is 0. The van der Waals surface area contributed by atoms with Gasteiger partial charge in [-0.1, -0.05) is 39.5 Å². The summed E-state index contributed by atoms with van der Waals surface area (Å²) < 4.78 is 18.3. The van der Waals surface area contributed by atoms with E-state index in [1.54, 1.807) is 12.1 Å². The Morgan fingerprint density at radius 3 is 2.12 bits per heavy atom. The van der Waals surface area contributed by atoms with Crippen LogP contribution in [-0.2, 0) is 0 Å². The van der Waals surface area contributed by atoms with Gasteiger partial charge in [-0.25, -0.2) is 4.39 Å². The molecule has 0 aliphatic carbocycles. The van der Waals surface area contributed by atoms with Gasteiger partial charge in [-0.15, -0.1) is 0 Å². The smallest absolute Gasteiger partial charge is 0.123 e. The molecule has 0 aromatic heterocycles. The van der Waals surface area contributed by atoms with Crippen LogP contribution in [0.4, 0.5) is 4.39 Å². The summed E-state index contributed by atoms with van der Waals surface area (Å²) in [4.78, 5) is 0. The Hall–Kier alpha value is -1.05. The number of benzene rings is 1. The molecule has 0 N–H and O–H groups in total. The first-order chi connectivity index (χ1) is 8.26. The first kappa shape index (κ1) is 14.0. The van der Waals surface area contributed by atoms with Crippen LogP contribution < -0.4 is 4.74 Å². The van der Waals surface area contributed by atoms with E-state index in [0.717, 1.165) is 24.7 Å². The third kappa shape index (κ3) is 5.71. The van der Waals surface area contributed by atoms with Gasteiger partial charge in [0.25, 0.3) is 0 Å². The zero-order chi connectivity index (χ0) is 12.5. The Balaban J connectivity index is 2.27. The second kappa shape index (κ2) is 8.10. The average molecular weight is 238 g/mol. The van der Waals surface area contributed by atoms with E-state index in [-0.39, 0.29) is 5.82 Å². The summed E-state index contributed by atoms with van der Waals surface area (Å²) in [6.45, 7) is 5.18. The van der Waals surface area contributed by atoms with Crippen molar-refractivity contribution < 1.29 is 9.13 Å². The summed E-state index contributed by atoms with van der Waals surface area (Å²) in [6, 6.07) is 6.24. The van der Waals surface area contributed by atoms with E-state index in [0.29, 0.717) is 0 Å². The molecule has 0 atom stereocenters. The van der Waals surface area contributed by atoms with Crippen molar-refractivity contribution in [2.24, 2.45) is 5.92 Å². The van der Waals surface area contributed by atoms with Gasteiger partial charge in [0, 0.05) is 0 Å². The molecule has 0 aliphatic heterocycles. The lowest BCUT2D eigenvalue weighted by molar-refractivity contribution is 0.264. The minimum Gasteiger partial charge on any atom is -0.494 e. The highest BCUT2D eigenvalue weighted by molar-refractivity contribution is 5.21. The van der Waals surface area contributed by atoms with Gasteiger partial charge in [0.1, 0.15) is 11.6 Å². The van der Waals surface area contributed by atoms with Gasteiger partial charge in [-0.2, -0.15) is 0 Å². The second-order valence-electron chi connectivity index (χ2n) is 4.53. The number of rotatable bonds is 8. The number of halogens is 1. The van der Waals surface area contributed by atoms with Crippen molar-refractivity contribution in [3.05, 3.63) is 30.1 Å². The van der Waals surface area contributed by atoms with Crippen molar-refractivity contribution in [3.8, 4) is 5.75 Å². The molecule has 1 rings (SSSR count). The van der Waals surface area contributed by atoms with Crippen LogP contribution in [-0.4, -0.2) is 6.61 Å². The molecule has 1 nitrogen and oxygen atoms in total. The Bertz CT molecular complexity index is 288. The highest BCUT2D eigenvalue weighted by atomic mass is 19.1. The van der Waals surface area contributed by atoms with Crippen molar-refractivity contribution in [2.45, 2.75) is 46.0 Å². The standard InChI is InChI=1S/C15H23FO/c1-3-5-13(6-4-2)11-12-17-15-9-7-14(16)8-10-15/h7-10,13H,3-6,11-12H2,1-2H3. The Morgan fingerprint density at radius 1 is 1.00 bits per heavy atom. The molecular formula is C15H23FO. The lowest BCUT2D eigenvalue weighted by atomic mass is 9.95. The maximum Gasteiger partial charge on any atom is 0.123 e. The van der Waals surface area contributed by atoms with Gasteiger partial charge in [0.05, 0.1) is 6.61 Å². The third-order valence-electron chi connectivity index (χ3n) is 3.00. The van der Waals surface area contributed by atoms with Gasteiger partial charge >= 0.3 is 0 Å². The topological polar surface area (TPSA) is 9.23 Å². The van der Waals surface area contributed by atoms with Crippen molar-refractivity contribution >= 4 is 0 Å². The van der Waals surface area contributed by atoms with Crippen LogP contribution in [0.15, 0.2) is 24.3 Å². The minimum atomic E-state index is -0.216. The van der Waals surface area contributed by atoms with Crippen LogP contribution >= 0.6 is 0 Å². The van der Waals surface area contributed by atoms with E-state index < -0.39 is 0 Å². The summed E-state index contributed by atoms with van der Waals surface area (Å²) in [7, 11) is 0. The van der Waals surface area contributed by atoms with Crippen molar-refractivity contribution in [2.75, 3.05) is 6.61 Å². The predicted molar refractivity (Wildman–Crippen MR) is 69.8 cm³/mol. The number of ether oxygens (including phenoxy) is 1. The molecule has 2 heteroatoms. The second-order valence-corrected chi connectivity index (χ2v) is 4.53. The summed E-state index contributed by atoms with van der Waals surface area (Å²) in [5.41, 5.74) is 0. The van der Waals surface area contributed by atoms with Crippen molar-refractivity contribution in [3.63, 3.8) is 0 Å². The fraction of sp³-hybridized carbons (Fsp3) is 0.600. The molecule has 1 aromatic carbocycles. The van der Waals surface area contributed by atoms with Crippen LogP contribution in [0.25, 0.3) is 0 Å². The molecule has 17 heavy (non-hydrogen) atoms. The van der Waals surface area contributed by atoms with Crippen LogP contribution in [0.5, 0.6) is 5.75 Å². The Kier molecular flexibility index (Phi) is 6.68. The van der Waals surface area contributed by atoms with Crippen molar-refractivity contribution in [1.82, 2.24) is 0 Å². The molecule has 0 fully saturated rings. The molecule has 96 valence electrons. The van der Waals surface area contributed by atoms with Gasteiger partial charge in [0.15, 0.2) is 0 Å². The van der Waals surface area contributed by atoms with Crippen molar-refractivity contribution in [1.29, 1.82) is 0 Å². The van der Waals surface area contributed by atoms with Gasteiger partial charge in [0.2, 0.25) is 0 Å². The molecule has 0 amide bonds. The zero-order valence-electron chi connectivity index (χ0n) is 10.9. The van der Waals surface area contributed by atoms with E-state index in [1.807, 2.05) is 0 Å². The maximum atomic E-state index is 12.7. The molecule has 0 radical (unpaired) electrons. The average Bonchev–Trinajstić information content (AvgIpc) is 2.32. The molecule has 0 unspecified atom stereocenters. The first-order valence-electron chi connectivity index (χ1n) is 6.64. The molecule has 0 saturated heterocycles. The van der Waals surface area contributed by atoms with Gasteiger partial charge in [-0.05, 0) is 36.6 Å². The Labute approximate surface area is 104 Å². The summed E-state index contributed by atoms with van der Waals surface area (Å²) in [6.07, 6.45) is 6.13. The molecule has 0 saturated carbocycles. The molecule has 0 aliphatic rings. The van der Waals surface area contributed by atoms with E-state index in [9.17, 15) is 4.39 Å². The highest BCUT2D eigenvalue weighted by Gasteiger charge is 2.06. The third-order valence-corrected chi connectivity index (χ3v) is 3.00. The van der Waals surface area contributed by atoms with Crippen LogP contribution in [0.3, 0.4) is 0 Å². The zero-order valence-corrected chi connectivity index (χ0v) is 10.9. The fourth-order valence-electron chi connectivity index (χ4n) is 2.12. The quantitative estimate of drug-likeness (QED) is 0.631. The SMILES string of the molecule is CCCC(CCC)CCOc1ccc(F)cc1. The monoisotopic (exact) mass is 238 g/mol. The lowest BCUT2D eigenvalue weighted by Crippen LogP contribution is -2.07. The van der Waals surface area contributed by atoms with Crippen LogP contribution in [0.1, 0.15) is 46.0 Å². The Morgan fingerprint density at radius 2 is 1.59 bits per heavy atom. The van der Waals surface area contributed by atoms with E-state index >= 15 is 0 Å². The number of hydrogen-bond donors (Lipinski definition) is 0. The molecule has 0 heterocycles. The first-order valence-corrected chi connectivity index (χ1v) is 6.64. The molecule has 1 aromatic rings. The van der Waals surface area contributed by atoms with Gasteiger partial charge in [-0.3, -0.25) is 0 Å². The summed E-state index contributed by atoms with van der Waals surface area (Å²) in [5, 5.41) is 0. The minimum absolute atomic E-state index is 0.216. The van der Waals surface area contributed by atoms with E-state index in [1.165, 1.54) is 37.8 Å². The normalized spacial score (nSPS) is 10.8. The number of hydrogen-bond acceptors (Lipinski definition) is 1. The lowest BCUT2D eigenvalue weighted by Gasteiger charge is -2.15. The maximum absolute atomic E-state index is 12.7. The van der Waals surface area contributed by atoms with E-state index in [2.05, 4.69) is 13.8 Å². The van der Waals surface area contributed by atoms with Gasteiger partial charge < -0.3 is 4.74 Å². The molecule has 0 bridgehead atoms. The van der Waals surface area contributed by atoms with Crippen LogP contribution in [0.2, 0.25) is 0 Å². The molecular weight excluding hydrogens is 215 g/mol. The van der Waals surface area contributed by atoms with Crippen LogP contribution in [0, 0.1) is 11.7 Å². The fourth-order valence-corrected chi connectivity index (χ4v) is 2.12. The largest absolute Gasteiger partial charge is 0.494 e. The summed E-state index contributed by atoms with van der Waals surface area (Å²) in [5.74, 6) is 1.32. The van der Waals surface area contributed by atoms with E-state index in [4.69, 9.17) is 4.74 Å². The highest BCUT2D eigenvalue weighted by Crippen LogP contribution is 2.18. The molecule has 0 spiro atoms.